The van der Waals surface area contributed by atoms with Gasteiger partial charge in [-0.1, -0.05) is 0 Å². The van der Waals surface area contributed by atoms with Crippen LogP contribution in [0.3, 0.4) is 0 Å². The van der Waals surface area contributed by atoms with Crippen LogP contribution in [0.4, 0.5) is 8.78 Å². The van der Waals surface area contributed by atoms with Crippen LogP contribution in [0.1, 0.15) is 23.1 Å². The Kier molecular flexibility index (Phi) is 4.30. The summed E-state index contributed by atoms with van der Waals surface area (Å²) in [5.41, 5.74) is 5.52. The average molecular weight is 230 g/mol. The Morgan fingerprint density at radius 3 is 2.62 bits per heavy atom. The zero-order valence-corrected chi connectivity index (χ0v) is 8.74. The number of nitrogens with two attached hydrogens (primary N) is 1. The number of alkyl halides is 2. The average Bonchev–Trinajstić information content (AvgIpc) is 2.28. The van der Waals surface area contributed by atoms with Gasteiger partial charge in [0, 0.05) is 24.5 Å². The van der Waals surface area contributed by atoms with Gasteiger partial charge < -0.3 is 10.5 Å². The second-order valence-electron chi connectivity index (χ2n) is 3.13. The molecule has 0 fully saturated rings. The molecule has 16 heavy (non-hydrogen) atoms. The third kappa shape index (κ3) is 2.73. The van der Waals surface area contributed by atoms with Crippen molar-refractivity contribution in [2.75, 3.05) is 7.11 Å². The predicted octanol–water partition coefficient (Wildman–Crippen LogP) is 1.19. The van der Waals surface area contributed by atoms with Crippen LogP contribution in [0.2, 0.25) is 0 Å². The molecular formula is C10H12F2N2O2. The van der Waals surface area contributed by atoms with Gasteiger partial charge >= 0.3 is 5.97 Å². The molecule has 0 saturated heterocycles. The van der Waals surface area contributed by atoms with Crippen LogP contribution in [0.25, 0.3) is 0 Å². The van der Waals surface area contributed by atoms with Crippen molar-refractivity contribution in [1.82, 2.24) is 4.98 Å². The molecule has 0 radical (unpaired) electrons. The van der Waals surface area contributed by atoms with Crippen LogP contribution >= 0.6 is 0 Å². The molecule has 1 aromatic heterocycles. The number of rotatable bonds is 4. The van der Waals surface area contributed by atoms with E-state index in [0.717, 1.165) is 0 Å². The number of pyridine rings is 1. The number of carbonyl (C=O) groups is 1. The van der Waals surface area contributed by atoms with Crippen LogP contribution in [-0.4, -0.2) is 18.1 Å². The summed E-state index contributed by atoms with van der Waals surface area (Å²) in [5, 5.41) is 0. The van der Waals surface area contributed by atoms with Crippen molar-refractivity contribution in [2.45, 2.75) is 19.4 Å². The Hall–Kier alpha value is -1.56. The summed E-state index contributed by atoms with van der Waals surface area (Å²) in [6.45, 7) is -0.0400. The molecule has 0 atom stereocenters. The summed E-state index contributed by atoms with van der Waals surface area (Å²) < 4.78 is 30.0. The van der Waals surface area contributed by atoms with E-state index in [1.807, 2.05) is 0 Å². The van der Waals surface area contributed by atoms with E-state index in [2.05, 4.69) is 9.72 Å². The molecule has 88 valence electrons. The molecule has 0 saturated carbocycles. The minimum atomic E-state index is -2.68. The van der Waals surface area contributed by atoms with Gasteiger partial charge in [-0.15, -0.1) is 0 Å². The number of ether oxygens (including phenoxy) is 1. The first kappa shape index (κ1) is 12.5. The number of methoxy groups -OCH3 is 1. The number of hydrogen-bond acceptors (Lipinski definition) is 4. The van der Waals surface area contributed by atoms with Crippen LogP contribution in [0.5, 0.6) is 0 Å². The zero-order valence-electron chi connectivity index (χ0n) is 8.74. The summed E-state index contributed by atoms with van der Waals surface area (Å²) >= 11 is 0. The largest absolute Gasteiger partial charge is 0.469 e. The number of esters is 1. The molecule has 1 rings (SSSR count). The number of nitrogens with zero attached hydrogens (tertiary/aromatic N) is 1. The van der Waals surface area contributed by atoms with Crippen LogP contribution in [0.15, 0.2) is 12.4 Å². The third-order valence-corrected chi connectivity index (χ3v) is 2.15. The quantitative estimate of drug-likeness (QED) is 0.789. The molecule has 2 N–H and O–H groups in total. The molecule has 0 aliphatic rings. The Balaban J connectivity index is 3.11. The lowest BCUT2D eigenvalue weighted by molar-refractivity contribution is -0.139. The lowest BCUT2D eigenvalue weighted by atomic mass is 10.0. The summed E-state index contributed by atoms with van der Waals surface area (Å²) in [6, 6.07) is 0. The van der Waals surface area contributed by atoms with Gasteiger partial charge in [-0.2, -0.15) is 0 Å². The van der Waals surface area contributed by atoms with Crippen LogP contribution < -0.4 is 5.73 Å². The van der Waals surface area contributed by atoms with Crippen molar-refractivity contribution >= 4 is 5.97 Å². The number of hydrogen-bond donors (Lipinski definition) is 1. The fourth-order valence-electron chi connectivity index (χ4n) is 1.37. The Labute approximate surface area is 91.4 Å². The molecule has 0 bridgehead atoms. The molecule has 1 heterocycles. The zero-order chi connectivity index (χ0) is 12.1. The fraction of sp³-hybridized carbons (Fsp3) is 0.400. The molecule has 0 spiro atoms. The smallest absolute Gasteiger partial charge is 0.310 e. The second kappa shape index (κ2) is 5.50. The Morgan fingerprint density at radius 1 is 1.50 bits per heavy atom. The highest BCUT2D eigenvalue weighted by atomic mass is 19.3. The maximum absolute atomic E-state index is 12.8. The van der Waals surface area contributed by atoms with E-state index in [1.54, 1.807) is 0 Å². The number of halogens is 2. The fourth-order valence-corrected chi connectivity index (χ4v) is 1.37. The normalized spacial score (nSPS) is 10.6. The lowest BCUT2D eigenvalue weighted by Gasteiger charge is -2.11. The van der Waals surface area contributed by atoms with E-state index >= 15 is 0 Å². The topological polar surface area (TPSA) is 65.2 Å². The summed E-state index contributed by atoms with van der Waals surface area (Å²) in [6.07, 6.45) is -0.391. The van der Waals surface area contributed by atoms with E-state index in [4.69, 9.17) is 5.73 Å². The maximum Gasteiger partial charge on any atom is 0.310 e. The number of carbonyl (C=O) groups excluding carboxylic acids is 1. The molecular weight excluding hydrogens is 218 g/mol. The SMILES string of the molecule is COC(=O)Cc1cncc(CN)c1C(F)F. The minimum absolute atomic E-state index is 0.0400. The summed E-state index contributed by atoms with van der Waals surface area (Å²) in [4.78, 5) is 14.8. The first-order valence-electron chi connectivity index (χ1n) is 4.60. The first-order valence-corrected chi connectivity index (χ1v) is 4.60. The van der Waals surface area contributed by atoms with Crippen molar-refractivity contribution in [2.24, 2.45) is 5.73 Å². The summed E-state index contributed by atoms with van der Waals surface area (Å²) in [7, 11) is 1.20. The van der Waals surface area contributed by atoms with Gasteiger partial charge in [0.1, 0.15) is 0 Å². The van der Waals surface area contributed by atoms with Gasteiger partial charge in [0.15, 0.2) is 0 Å². The first-order chi connectivity index (χ1) is 7.60. The monoisotopic (exact) mass is 230 g/mol. The van der Waals surface area contributed by atoms with Gasteiger partial charge in [0.25, 0.3) is 6.43 Å². The third-order valence-electron chi connectivity index (χ3n) is 2.15. The maximum atomic E-state index is 12.8. The molecule has 0 aliphatic heterocycles. The van der Waals surface area contributed by atoms with Crippen molar-refractivity contribution in [1.29, 1.82) is 0 Å². The highest BCUT2D eigenvalue weighted by Gasteiger charge is 2.19. The molecule has 6 heteroatoms. The van der Waals surface area contributed by atoms with Crippen LogP contribution in [-0.2, 0) is 22.5 Å². The van der Waals surface area contributed by atoms with Gasteiger partial charge in [0.05, 0.1) is 13.5 Å². The van der Waals surface area contributed by atoms with Crippen LogP contribution in [0, 0.1) is 0 Å². The Bertz CT molecular complexity index is 383. The van der Waals surface area contributed by atoms with E-state index in [-0.39, 0.29) is 29.7 Å². The Morgan fingerprint density at radius 2 is 2.12 bits per heavy atom. The molecule has 1 aromatic rings. The molecule has 4 nitrogen and oxygen atoms in total. The molecule has 0 amide bonds. The van der Waals surface area contributed by atoms with Crippen molar-refractivity contribution in [3.8, 4) is 0 Å². The molecule has 0 unspecified atom stereocenters. The molecule has 0 aromatic carbocycles. The lowest BCUT2D eigenvalue weighted by Crippen LogP contribution is -2.11. The van der Waals surface area contributed by atoms with E-state index < -0.39 is 12.4 Å². The predicted molar refractivity (Wildman–Crippen MR) is 52.8 cm³/mol. The van der Waals surface area contributed by atoms with E-state index in [1.165, 1.54) is 19.5 Å². The van der Waals surface area contributed by atoms with Crippen molar-refractivity contribution in [3.05, 3.63) is 29.1 Å². The number of aromatic nitrogens is 1. The van der Waals surface area contributed by atoms with E-state index in [0.29, 0.717) is 0 Å². The van der Waals surface area contributed by atoms with Gasteiger partial charge in [-0.3, -0.25) is 9.78 Å². The van der Waals surface area contributed by atoms with Crippen molar-refractivity contribution in [3.63, 3.8) is 0 Å². The second-order valence-corrected chi connectivity index (χ2v) is 3.13. The van der Waals surface area contributed by atoms with Gasteiger partial charge in [-0.05, 0) is 11.1 Å². The highest BCUT2D eigenvalue weighted by molar-refractivity contribution is 5.73. The van der Waals surface area contributed by atoms with Crippen molar-refractivity contribution < 1.29 is 18.3 Å². The van der Waals surface area contributed by atoms with Gasteiger partial charge in [0.2, 0.25) is 0 Å². The molecule has 0 aliphatic carbocycles. The van der Waals surface area contributed by atoms with Gasteiger partial charge in [-0.25, -0.2) is 8.78 Å². The minimum Gasteiger partial charge on any atom is -0.469 e. The standard InChI is InChI=1S/C10H12F2N2O2/c1-16-8(15)2-6-4-14-5-7(3-13)9(6)10(11)12/h4-5,10H,2-3,13H2,1H3. The van der Waals surface area contributed by atoms with E-state index in [9.17, 15) is 13.6 Å². The summed E-state index contributed by atoms with van der Waals surface area (Å²) in [5.74, 6) is -0.585. The highest BCUT2D eigenvalue weighted by Crippen LogP contribution is 2.26.